The molecule has 0 saturated carbocycles. The van der Waals surface area contributed by atoms with Crippen LogP contribution < -0.4 is 0 Å². The van der Waals surface area contributed by atoms with Crippen molar-refractivity contribution in [2.45, 2.75) is 99.2 Å². The zero-order chi connectivity index (χ0) is 33.1. The van der Waals surface area contributed by atoms with Gasteiger partial charge in [-0.2, -0.15) is 11.6 Å². The van der Waals surface area contributed by atoms with Gasteiger partial charge in [0.2, 0.25) is 0 Å². The number of aryl methyl sites for hydroxylation is 1. The second kappa shape index (κ2) is 12.3. The van der Waals surface area contributed by atoms with E-state index in [1.54, 1.807) is 5.20 Å². The minimum absolute atomic E-state index is 0.0340. The van der Waals surface area contributed by atoms with Crippen LogP contribution in [0.25, 0.3) is 22.3 Å². The summed E-state index contributed by atoms with van der Waals surface area (Å²) >= 11 is 1.47. The molecule has 0 aromatic heterocycles. The van der Waals surface area contributed by atoms with Gasteiger partial charge in [-0.05, 0) is 66.4 Å². The van der Waals surface area contributed by atoms with E-state index in [2.05, 4.69) is 158 Å². The maximum absolute atomic E-state index is 3.65. The van der Waals surface area contributed by atoms with Crippen molar-refractivity contribution >= 4 is 22.9 Å². The zero-order valence-electron chi connectivity index (χ0n) is 29.6. The number of rotatable bonds is 2. The third kappa shape index (κ3) is 6.84. The van der Waals surface area contributed by atoms with Gasteiger partial charge >= 0.3 is 70.3 Å². The van der Waals surface area contributed by atoms with Gasteiger partial charge < -0.3 is 0 Å². The van der Waals surface area contributed by atoms with Crippen LogP contribution in [0.2, 0.25) is 19.6 Å². The Bertz CT molecular complexity index is 1710. The van der Waals surface area contributed by atoms with Gasteiger partial charge in [0.1, 0.15) is 0 Å². The first kappa shape index (κ1) is 33.9. The fourth-order valence-electron chi connectivity index (χ4n) is 7.59. The fraction of sp³-hybridized carbons (Fsp3) is 0.372. The molecule has 230 valence electrons. The first-order valence-corrected chi connectivity index (χ1v) is 21.4. The molecule has 4 aliphatic rings. The third-order valence-corrected chi connectivity index (χ3v) is 12.7. The van der Waals surface area contributed by atoms with Crippen LogP contribution in [-0.2, 0) is 41.5 Å². The third-order valence-electron chi connectivity index (χ3n) is 9.75. The molecule has 7 rings (SSSR count). The molecule has 1 atom stereocenters. The second-order valence-electron chi connectivity index (χ2n) is 15.7. The zero-order valence-corrected chi connectivity index (χ0v) is 33.1. The Labute approximate surface area is 289 Å². The van der Waals surface area contributed by atoms with Crippen molar-refractivity contribution in [2.75, 3.05) is 0 Å². The predicted molar refractivity (Wildman–Crippen MR) is 196 cm³/mol. The normalized spacial score (nSPS) is 19.4. The molecule has 1 unspecified atom stereocenters. The van der Waals surface area contributed by atoms with E-state index >= 15 is 0 Å². The van der Waals surface area contributed by atoms with E-state index in [4.69, 9.17) is 0 Å². The van der Waals surface area contributed by atoms with Crippen LogP contribution in [0.1, 0.15) is 99.9 Å². The Morgan fingerprint density at radius 1 is 0.778 bits per heavy atom. The molecule has 0 amide bonds. The molecule has 0 radical (unpaired) electrons. The summed E-state index contributed by atoms with van der Waals surface area (Å²) in [4.78, 5) is 0. The van der Waals surface area contributed by atoms with Crippen molar-refractivity contribution in [1.29, 1.82) is 0 Å². The van der Waals surface area contributed by atoms with Gasteiger partial charge in [-0.25, -0.2) is 16.3 Å². The Balaban J connectivity index is 0.000000165. The molecule has 0 saturated heterocycles. The van der Waals surface area contributed by atoms with Gasteiger partial charge in [0.05, 0.1) is 0 Å². The van der Waals surface area contributed by atoms with Gasteiger partial charge in [0, 0.05) is 5.41 Å². The number of hydrogen-bond acceptors (Lipinski definition) is 0. The van der Waals surface area contributed by atoms with Crippen LogP contribution in [0.5, 0.6) is 0 Å². The molecule has 0 N–H and O–H groups in total. The average molecular weight is 686 g/mol. The summed E-state index contributed by atoms with van der Waals surface area (Å²) in [5.41, 5.74) is 18.6. The molecular weight excluding hydrogens is 636 g/mol. The monoisotopic (exact) mass is 684 g/mol. The molecule has 45 heavy (non-hydrogen) atoms. The van der Waals surface area contributed by atoms with Gasteiger partial charge in [-0.15, -0.1) is 11.6 Å². The molecule has 0 fully saturated rings. The van der Waals surface area contributed by atoms with E-state index in [0.717, 1.165) is 6.42 Å². The van der Waals surface area contributed by atoms with Crippen molar-refractivity contribution in [3.8, 4) is 11.1 Å². The van der Waals surface area contributed by atoms with Crippen LogP contribution in [0.3, 0.4) is 0 Å². The molecule has 4 aliphatic carbocycles. The molecule has 0 spiro atoms. The van der Waals surface area contributed by atoms with Crippen molar-refractivity contribution in [1.82, 2.24) is 0 Å². The molecular formula is C43H50SiZr. The van der Waals surface area contributed by atoms with Crippen molar-refractivity contribution < 1.29 is 24.2 Å². The number of hydrogen-bond donors (Lipinski definition) is 0. The summed E-state index contributed by atoms with van der Waals surface area (Å²) in [7, 11) is -1.07. The summed E-state index contributed by atoms with van der Waals surface area (Å²) in [6.07, 6.45) is 12.9. The van der Waals surface area contributed by atoms with Crippen LogP contribution in [-0.4, -0.2) is 11.8 Å². The van der Waals surface area contributed by atoms with E-state index in [0.29, 0.717) is 5.92 Å². The van der Waals surface area contributed by atoms with Gasteiger partial charge in [-0.3, -0.25) is 12.2 Å². The number of allylic oxidation sites excluding steroid dienone is 8. The Morgan fingerprint density at radius 2 is 1.36 bits per heavy atom. The second-order valence-corrected chi connectivity index (χ2v) is 21.4. The van der Waals surface area contributed by atoms with E-state index < -0.39 is 8.07 Å². The predicted octanol–water partition coefficient (Wildman–Crippen LogP) is 11.3. The molecule has 0 heterocycles. The topological polar surface area (TPSA) is 0 Å². The summed E-state index contributed by atoms with van der Waals surface area (Å²) in [5, 5.41) is 1.60. The first-order valence-electron chi connectivity index (χ1n) is 16.5. The maximum atomic E-state index is 3.65. The SMILES string of the molecule is CC1=[C-]C(C)(C)c2cc3c(cc21)-c1cc2c(cc1C3)C(C)(C)C=C2C.CC1=[C-]C(C)C=C1[Si](C)(C)C.Cc1ccc([CH]=[Zr+2])cc1. The Morgan fingerprint density at radius 3 is 1.87 bits per heavy atom. The van der Waals surface area contributed by atoms with Crippen molar-refractivity contribution in [3.05, 3.63) is 128 Å². The quantitative estimate of drug-likeness (QED) is 0.146. The van der Waals surface area contributed by atoms with Crippen LogP contribution in [0, 0.1) is 25.0 Å². The first-order chi connectivity index (χ1) is 20.9. The van der Waals surface area contributed by atoms with Crippen LogP contribution in [0.15, 0.2) is 71.5 Å². The average Bonchev–Trinajstić information content (AvgIpc) is 3.62. The van der Waals surface area contributed by atoms with Crippen molar-refractivity contribution in [2.24, 2.45) is 5.92 Å². The molecule has 3 aromatic carbocycles. The standard InChI is InChI=1S/C25H25.C10H17Si.C8H8.Zr/c1-14-12-24(3,4)22-8-16-7-17-9-23-19(15(2)13-25(23,5)6)11-21(17)20(16)10-18(14)22;1-8-6-9(2)10(7-8)11(3,4)5;1-7-3-5-8(2)6-4-7;/h8-12H,7H2,1-6H3;7-8H,1-5H3;1,3-6H,2H3;/q2*-1;;+2. The number of benzene rings is 3. The minimum atomic E-state index is -1.07. The Hall–Kier alpha value is -2.41. The van der Waals surface area contributed by atoms with E-state index in [1.807, 2.05) is 0 Å². The summed E-state index contributed by atoms with van der Waals surface area (Å²) < 4.78 is 2.19. The molecule has 2 heteroatoms. The van der Waals surface area contributed by atoms with Gasteiger partial charge in [-0.1, -0.05) is 97.6 Å². The molecule has 0 aliphatic heterocycles. The van der Waals surface area contributed by atoms with Gasteiger partial charge in [0.25, 0.3) is 0 Å². The van der Waals surface area contributed by atoms with E-state index in [-0.39, 0.29) is 10.8 Å². The van der Waals surface area contributed by atoms with Gasteiger partial charge in [0.15, 0.2) is 0 Å². The summed E-state index contributed by atoms with van der Waals surface area (Å²) in [6, 6.07) is 18.4. The molecule has 0 bridgehead atoms. The van der Waals surface area contributed by atoms with Crippen LogP contribution in [0.4, 0.5) is 0 Å². The summed E-state index contributed by atoms with van der Waals surface area (Å²) in [5.74, 6) is 0.553. The Kier molecular flexibility index (Phi) is 9.29. The molecule has 0 nitrogen and oxygen atoms in total. The summed E-state index contributed by atoms with van der Waals surface area (Å²) in [6.45, 7) is 27.3. The van der Waals surface area contributed by atoms with Crippen molar-refractivity contribution in [3.63, 3.8) is 0 Å². The van der Waals surface area contributed by atoms with E-state index in [9.17, 15) is 0 Å². The van der Waals surface area contributed by atoms with E-state index in [1.165, 1.54) is 96.6 Å². The van der Waals surface area contributed by atoms with Crippen LogP contribution >= 0.6 is 0 Å². The fourth-order valence-corrected chi connectivity index (χ4v) is 10.0. The number of fused-ring (bicyclic) bond motifs is 5. The molecule has 3 aromatic rings.